The van der Waals surface area contributed by atoms with E-state index in [1.54, 1.807) is 30.3 Å². The van der Waals surface area contributed by atoms with Gasteiger partial charge in [0.2, 0.25) is 5.91 Å². The third-order valence-corrected chi connectivity index (χ3v) is 4.32. The number of hydrogen-bond donors (Lipinski definition) is 3. The van der Waals surface area contributed by atoms with E-state index < -0.39 is 16.7 Å². The fraction of sp³-hybridized carbons (Fsp3) is 0.227. The number of nitro benzene ring substituents is 1. The number of hydrogen-bond acceptors (Lipinski definition) is 6. The van der Waals surface area contributed by atoms with E-state index in [1.807, 2.05) is 0 Å². The Bertz CT molecular complexity index is 1010. The molecule has 0 spiro atoms. The van der Waals surface area contributed by atoms with Crippen molar-refractivity contribution >= 4 is 40.9 Å². The van der Waals surface area contributed by atoms with Crippen LogP contribution < -0.4 is 20.9 Å². The van der Waals surface area contributed by atoms with Crippen LogP contribution in [-0.2, 0) is 4.79 Å². The van der Waals surface area contributed by atoms with Gasteiger partial charge in [0.25, 0.3) is 11.6 Å². The SMILES string of the molecule is CC(C)CCOc1ccc(C(=O)NNC(=S)NC(=O)/C=C/c2cccc([N+](=O)[O-])c2)cc1. The van der Waals surface area contributed by atoms with Gasteiger partial charge in [-0.25, -0.2) is 0 Å². The van der Waals surface area contributed by atoms with Crippen LogP contribution in [-0.4, -0.2) is 28.5 Å². The topological polar surface area (TPSA) is 123 Å². The van der Waals surface area contributed by atoms with Gasteiger partial charge in [-0.1, -0.05) is 26.0 Å². The second kappa shape index (κ2) is 12.2. The Balaban J connectivity index is 1.78. The lowest BCUT2D eigenvalue weighted by Gasteiger charge is -2.11. The molecule has 3 N–H and O–H groups in total. The van der Waals surface area contributed by atoms with Gasteiger partial charge in [-0.15, -0.1) is 0 Å². The van der Waals surface area contributed by atoms with Gasteiger partial charge in [0.05, 0.1) is 11.5 Å². The number of ether oxygens (including phenoxy) is 1. The molecule has 0 bridgehead atoms. The van der Waals surface area contributed by atoms with Gasteiger partial charge >= 0.3 is 0 Å². The molecule has 0 aliphatic rings. The van der Waals surface area contributed by atoms with Gasteiger partial charge < -0.3 is 4.74 Å². The van der Waals surface area contributed by atoms with Crippen molar-refractivity contribution in [1.29, 1.82) is 0 Å². The van der Waals surface area contributed by atoms with Crippen LogP contribution in [0.15, 0.2) is 54.6 Å². The number of hydrazine groups is 1. The lowest BCUT2D eigenvalue weighted by molar-refractivity contribution is -0.384. The van der Waals surface area contributed by atoms with Gasteiger partial charge in [0.15, 0.2) is 5.11 Å². The van der Waals surface area contributed by atoms with E-state index in [2.05, 4.69) is 30.0 Å². The Labute approximate surface area is 191 Å². The number of carbonyl (C=O) groups is 2. The first-order valence-electron chi connectivity index (χ1n) is 9.81. The minimum atomic E-state index is -0.564. The zero-order chi connectivity index (χ0) is 23.5. The first-order valence-corrected chi connectivity index (χ1v) is 10.2. The highest BCUT2D eigenvalue weighted by Crippen LogP contribution is 2.14. The first-order chi connectivity index (χ1) is 15.2. The standard InChI is InChI=1S/C22H24N4O5S/c1-15(2)12-13-31-19-9-7-17(8-10-19)21(28)24-25-22(32)23-20(27)11-6-16-4-3-5-18(14-16)26(29)30/h3-11,14-15H,12-13H2,1-2H3,(H,24,28)(H2,23,25,27,32)/b11-6+. The zero-order valence-corrected chi connectivity index (χ0v) is 18.5. The third kappa shape index (κ3) is 8.52. The Morgan fingerprint density at radius 1 is 1.16 bits per heavy atom. The molecular formula is C22H24N4O5S. The van der Waals surface area contributed by atoms with Crippen LogP contribution in [0.4, 0.5) is 5.69 Å². The summed E-state index contributed by atoms with van der Waals surface area (Å²) in [4.78, 5) is 34.4. The van der Waals surface area contributed by atoms with Crippen LogP contribution >= 0.6 is 12.2 Å². The summed E-state index contributed by atoms with van der Waals surface area (Å²) < 4.78 is 5.61. The molecule has 32 heavy (non-hydrogen) atoms. The first kappa shape index (κ1) is 24.5. The van der Waals surface area contributed by atoms with Crippen LogP contribution in [0.25, 0.3) is 6.08 Å². The summed E-state index contributed by atoms with van der Waals surface area (Å²) in [6, 6.07) is 12.5. The minimum Gasteiger partial charge on any atom is -0.494 e. The Kier molecular flexibility index (Phi) is 9.30. The van der Waals surface area contributed by atoms with E-state index in [0.29, 0.717) is 29.4 Å². The van der Waals surface area contributed by atoms with Gasteiger partial charge in [-0.05, 0) is 60.5 Å². The summed E-state index contributed by atoms with van der Waals surface area (Å²) in [5, 5.41) is 13.0. The van der Waals surface area contributed by atoms with Crippen molar-refractivity contribution in [3.05, 3.63) is 75.8 Å². The van der Waals surface area contributed by atoms with Crippen molar-refractivity contribution in [2.75, 3.05) is 6.61 Å². The van der Waals surface area contributed by atoms with Crippen molar-refractivity contribution in [2.24, 2.45) is 5.92 Å². The molecule has 9 nitrogen and oxygen atoms in total. The zero-order valence-electron chi connectivity index (χ0n) is 17.7. The maximum absolute atomic E-state index is 12.2. The van der Waals surface area contributed by atoms with Crippen molar-refractivity contribution in [1.82, 2.24) is 16.2 Å². The number of nitrogens with one attached hydrogen (secondary N) is 3. The van der Waals surface area contributed by atoms with Crippen LogP contribution in [0.2, 0.25) is 0 Å². The molecule has 2 amide bonds. The number of amides is 2. The van der Waals surface area contributed by atoms with E-state index in [-0.39, 0.29) is 10.8 Å². The highest BCUT2D eigenvalue weighted by molar-refractivity contribution is 7.80. The summed E-state index contributed by atoms with van der Waals surface area (Å²) >= 11 is 4.97. The van der Waals surface area contributed by atoms with E-state index in [4.69, 9.17) is 17.0 Å². The average molecular weight is 457 g/mol. The normalized spacial score (nSPS) is 10.6. The largest absolute Gasteiger partial charge is 0.494 e. The molecule has 2 aromatic carbocycles. The van der Waals surface area contributed by atoms with Gasteiger partial charge in [-0.3, -0.25) is 35.9 Å². The molecule has 10 heteroatoms. The fourth-order valence-corrected chi connectivity index (χ4v) is 2.55. The van der Waals surface area contributed by atoms with Crippen molar-refractivity contribution in [3.8, 4) is 5.75 Å². The van der Waals surface area contributed by atoms with E-state index in [9.17, 15) is 19.7 Å². The summed E-state index contributed by atoms with van der Waals surface area (Å²) in [7, 11) is 0. The smallest absolute Gasteiger partial charge is 0.270 e. The van der Waals surface area contributed by atoms with E-state index in [0.717, 1.165) is 6.42 Å². The van der Waals surface area contributed by atoms with Crippen LogP contribution in [0, 0.1) is 16.0 Å². The fourth-order valence-electron chi connectivity index (χ4n) is 2.40. The van der Waals surface area contributed by atoms with Crippen molar-refractivity contribution in [3.63, 3.8) is 0 Å². The molecule has 0 fully saturated rings. The highest BCUT2D eigenvalue weighted by Gasteiger charge is 2.08. The van der Waals surface area contributed by atoms with E-state index in [1.165, 1.54) is 30.4 Å². The molecule has 0 unspecified atom stereocenters. The van der Waals surface area contributed by atoms with Crippen LogP contribution in [0.3, 0.4) is 0 Å². The average Bonchev–Trinajstić information content (AvgIpc) is 2.76. The summed E-state index contributed by atoms with van der Waals surface area (Å²) in [6.45, 7) is 4.84. The van der Waals surface area contributed by atoms with E-state index >= 15 is 0 Å². The molecular weight excluding hydrogens is 432 g/mol. The molecule has 0 radical (unpaired) electrons. The molecule has 0 heterocycles. The molecule has 168 valence electrons. The lowest BCUT2D eigenvalue weighted by Crippen LogP contribution is -2.48. The van der Waals surface area contributed by atoms with Gasteiger partial charge in [0.1, 0.15) is 5.75 Å². The molecule has 0 aliphatic heterocycles. The number of thiocarbonyl (C=S) groups is 1. The lowest BCUT2D eigenvalue weighted by atomic mass is 10.1. The molecule has 0 atom stereocenters. The molecule has 0 aliphatic carbocycles. The molecule has 2 rings (SSSR count). The maximum atomic E-state index is 12.2. The summed E-state index contributed by atoms with van der Waals surface area (Å²) in [5.41, 5.74) is 5.62. The second-order valence-electron chi connectivity index (χ2n) is 7.14. The summed E-state index contributed by atoms with van der Waals surface area (Å²) in [5.74, 6) is 0.216. The van der Waals surface area contributed by atoms with Gasteiger partial charge in [0, 0.05) is 23.8 Å². The van der Waals surface area contributed by atoms with Gasteiger partial charge in [-0.2, -0.15) is 0 Å². The Morgan fingerprint density at radius 3 is 2.53 bits per heavy atom. The van der Waals surface area contributed by atoms with Crippen molar-refractivity contribution in [2.45, 2.75) is 20.3 Å². The number of non-ortho nitro benzene ring substituents is 1. The quantitative estimate of drug-likeness (QED) is 0.241. The van der Waals surface area contributed by atoms with Crippen LogP contribution in [0.1, 0.15) is 36.2 Å². The van der Waals surface area contributed by atoms with Crippen LogP contribution in [0.5, 0.6) is 5.75 Å². The molecule has 0 saturated heterocycles. The molecule has 2 aromatic rings. The monoisotopic (exact) mass is 456 g/mol. The predicted molar refractivity (Wildman–Crippen MR) is 125 cm³/mol. The number of rotatable bonds is 8. The Hall–Kier alpha value is -3.79. The second-order valence-corrected chi connectivity index (χ2v) is 7.55. The molecule has 0 aromatic heterocycles. The van der Waals surface area contributed by atoms with Crippen molar-refractivity contribution < 1.29 is 19.2 Å². The number of carbonyl (C=O) groups excluding carboxylic acids is 2. The maximum Gasteiger partial charge on any atom is 0.270 e. The predicted octanol–water partition coefficient (Wildman–Crippen LogP) is 3.37. The number of nitro groups is 1. The third-order valence-electron chi connectivity index (χ3n) is 4.11. The number of benzene rings is 2. The number of nitrogens with zero attached hydrogens (tertiary/aromatic N) is 1. The molecule has 0 saturated carbocycles. The minimum absolute atomic E-state index is 0.0809. The summed E-state index contributed by atoms with van der Waals surface area (Å²) in [6.07, 6.45) is 3.52. The highest BCUT2D eigenvalue weighted by atomic mass is 32.1. The Morgan fingerprint density at radius 2 is 1.88 bits per heavy atom.